The van der Waals surface area contributed by atoms with Crippen LogP contribution in [0.4, 0.5) is 5.69 Å². The number of benzene rings is 1. The number of rotatable bonds is 6. The summed E-state index contributed by atoms with van der Waals surface area (Å²) in [6, 6.07) is 7.19. The van der Waals surface area contributed by atoms with E-state index in [0.717, 1.165) is 18.2 Å². The summed E-state index contributed by atoms with van der Waals surface area (Å²) in [6.45, 7) is 2.89. The van der Waals surface area contributed by atoms with E-state index in [1.54, 1.807) is 12.1 Å². The second-order valence-corrected chi connectivity index (χ2v) is 7.84. The lowest BCUT2D eigenvalue weighted by atomic mass is 9.89. The van der Waals surface area contributed by atoms with Crippen molar-refractivity contribution in [3.05, 3.63) is 24.3 Å². The largest absolute Gasteiger partial charge is 0.385 e. The SMILES string of the molecule is CCCS(=O)(=O)c1ccc(NCC2CCCCC2)cc1. The van der Waals surface area contributed by atoms with Crippen LogP contribution in [-0.4, -0.2) is 20.7 Å². The first-order valence-electron chi connectivity index (χ1n) is 7.68. The number of anilines is 1. The van der Waals surface area contributed by atoms with Crippen molar-refractivity contribution in [2.75, 3.05) is 17.6 Å². The molecule has 1 aromatic carbocycles. The van der Waals surface area contributed by atoms with E-state index in [9.17, 15) is 8.42 Å². The third kappa shape index (κ3) is 4.23. The topological polar surface area (TPSA) is 46.2 Å². The Hall–Kier alpha value is -1.03. The van der Waals surface area contributed by atoms with E-state index in [1.807, 2.05) is 19.1 Å². The predicted octanol–water partition coefficient (Wildman–Crippen LogP) is 3.86. The van der Waals surface area contributed by atoms with Crippen molar-refractivity contribution in [3.63, 3.8) is 0 Å². The zero-order valence-electron chi connectivity index (χ0n) is 12.3. The van der Waals surface area contributed by atoms with E-state index in [-0.39, 0.29) is 5.75 Å². The maximum atomic E-state index is 11.9. The van der Waals surface area contributed by atoms with Crippen LogP contribution in [0.5, 0.6) is 0 Å². The minimum atomic E-state index is -3.09. The van der Waals surface area contributed by atoms with Gasteiger partial charge < -0.3 is 5.32 Å². The molecule has 0 spiro atoms. The molecule has 3 nitrogen and oxygen atoms in total. The van der Waals surface area contributed by atoms with Crippen LogP contribution in [0.2, 0.25) is 0 Å². The molecule has 0 aromatic heterocycles. The molecule has 4 heteroatoms. The Morgan fingerprint density at radius 1 is 1.10 bits per heavy atom. The molecule has 0 heterocycles. The van der Waals surface area contributed by atoms with Crippen LogP contribution < -0.4 is 5.32 Å². The van der Waals surface area contributed by atoms with Crippen LogP contribution in [0.25, 0.3) is 0 Å². The van der Waals surface area contributed by atoms with E-state index in [2.05, 4.69) is 5.32 Å². The summed E-state index contributed by atoms with van der Waals surface area (Å²) in [7, 11) is -3.09. The van der Waals surface area contributed by atoms with Crippen molar-refractivity contribution < 1.29 is 8.42 Å². The number of sulfone groups is 1. The molecule has 0 aliphatic heterocycles. The fraction of sp³-hybridized carbons (Fsp3) is 0.625. The van der Waals surface area contributed by atoms with Gasteiger partial charge in [0.1, 0.15) is 0 Å². The molecule has 0 radical (unpaired) electrons. The highest BCUT2D eigenvalue weighted by Gasteiger charge is 2.14. The van der Waals surface area contributed by atoms with Gasteiger partial charge in [-0.05, 0) is 49.4 Å². The van der Waals surface area contributed by atoms with Crippen LogP contribution in [0.1, 0.15) is 45.4 Å². The standard InChI is InChI=1S/C16H25NO2S/c1-2-12-20(18,19)16-10-8-15(9-11-16)17-13-14-6-4-3-5-7-14/h8-11,14,17H,2-7,12-13H2,1H3. The lowest BCUT2D eigenvalue weighted by Gasteiger charge is -2.22. The zero-order valence-corrected chi connectivity index (χ0v) is 13.1. The first-order valence-corrected chi connectivity index (χ1v) is 9.34. The molecule has 1 N–H and O–H groups in total. The van der Waals surface area contributed by atoms with Gasteiger partial charge in [-0.1, -0.05) is 26.2 Å². The Labute approximate surface area is 122 Å². The third-order valence-corrected chi connectivity index (χ3v) is 5.94. The van der Waals surface area contributed by atoms with Gasteiger partial charge in [-0.3, -0.25) is 0 Å². The van der Waals surface area contributed by atoms with Crippen molar-refractivity contribution in [3.8, 4) is 0 Å². The van der Waals surface area contributed by atoms with Crippen LogP contribution >= 0.6 is 0 Å². The third-order valence-electron chi connectivity index (χ3n) is 4.01. The Bertz CT molecular complexity index is 502. The van der Waals surface area contributed by atoms with E-state index in [0.29, 0.717) is 11.3 Å². The van der Waals surface area contributed by atoms with Gasteiger partial charge in [0.05, 0.1) is 10.6 Å². The van der Waals surface area contributed by atoms with E-state index in [1.165, 1.54) is 32.1 Å². The van der Waals surface area contributed by atoms with Crippen LogP contribution in [0, 0.1) is 5.92 Å². The normalized spacial score (nSPS) is 17.1. The molecule has 0 saturated heterocycles. The lowest BCUT2D eigenvalue weighted by Crippen LogP contribution is -2.17. The van der Waals surface area contributed by atoms with Gasteiger partial charge in [-0.15, -0.1) is 0 Å². The van der Waals surface area contributed by atoms with Crippen molar-refractivity contribution in [1.29, 1.82) is 0 Å². The number of hydrogen-bond acceptors (Lipinski definition) is 3. The van der Waals surface area contributed by atoms with Crippen LogP contribution in [-0.2, 0) is 9.84 Å². The fourth-order valence-corrected chi connectivity index (χ4v) is 4.14. The summed E-state index contributed by atoms with van der Waals surface area (Å²) in [5.74, 6) is 0.995. The zero-order chi connectivity index (χ0) is 14.4. The Morgan fingerprint density at radius 2 is 1.75 bits per heavy atom. The number of hydrogen-bond donors (Lipinski definition) is 1. The molecule has 20 heavy (non-hydrogen) atoms. The first kappa shape index (κ1) is 15.4. The predicted molar refractivity (Wildman–Crippen MR) is 83.9 cm³/mol. The van der Waals surface area contributed by atoms with Crippen molar-refractivity contribution >= 4 is 15.5 Å². The summed E-state index contributed by atoms with van der Waals surface area (Å²) in [5, 5.41) is 3.43. The van der Waals surface area contributed by atoms with Gasteiger partial charge in [-0.2, -0.15) is 0 Å². The van der Waals surface area contributed by atoms with Crippen molar-refractivity contribution in [2.45, 2.75) is 50.3 Å². The molecule has 112 valence electrons. The van der Waals surface area contributed by atoms with Gasteiger partial charge >= 0.3 is 0 Å². The Morgan fingerprint density at radius 3 is 2.35 bits per heavy atom. The molecule has 2 rings (SSSR count). The number of nitrogens with one attached hydrogen (secondary N) is 1. The highest BCUT2D eigenvalue weighted by atomic mass is 32.2. The van der Waals surface area contributed by atoms with Gasteiger partial charge in [0.25, 0.3) is 0 Å². The monoisotopic (exact) mass is 295 g/mol. The lowest BCUT2D eigenvalue weighted by molar-refractivity contribution is 0.373. The van der Waals surface area contributed by atoms with Gasteiger partial charge in [0.15, 0.2) is 9.84 Å². The highest BCUT2D eigenvalue weighted by Crippen LogP contribution is 2.24. The molecule has 1 aliphatic rings. The summed E-state index contributed by atoms with van der Waals surface area (Å²) < 4.78 is 23.9. The molecular weight excluding hydrogens is 270 g/mol. The molecule has 0 atom stereocenters. The molecule has 1 saturated carbocycles. The maximum Gasteiger partial charge on any atom is 0.178 e. The molecule has 1 fully saturated rings. The van der Waals surface area contributed by atoms with E-state index < -0.39 is 9.84 Å². The minimum absolute atomic E-state index is 0.224. The van der Waals surface area contributed by atoms with Gasteiger partial charge in [-0.25, -0.2) is 8.42 Å². The molecular formula is C16H25NO2S. The maximum absolute atomic E-state index is 11.9. The highest BCUT2D eigenvalue weighted by molar-refractivity contribution is 7.91. The Balaban J connectivity index is 1.91. The summed E-state index contributed by atoms with van der Waals surface area (Å²) in [6.07, 6.45) is 7.36. The quantitative estimate of drug-likeness (QED) is 0.866. The molecule has 0 amide bonds. The van der Waals surface area contributed by atoms with Crippen molar-refractivity contribution in [2.24, 2.45) is 5.92 Å². The molecule has 0 unspecified atom stereocenters. The first-order chi connectivity index (χ1) is 9.62. The van der Waals surface area contributed by atoms with E-state index >= 15 is 0 Å². The van der Waals surface area contributed by atoms with Crippen LogP contribution in [0.3, 0.4) is 0 Å². The van der Waals surface area contributed by atoms with Crippen LogP contribution in [0.15, 0.2) is 29.2 Å². The smallest absolute Gasteiger partial charge is 0.178 e. The van der Waals surface area contributed by atoms with Gasteiger partial charge in [0.2, 0.25) is 0 Å². The van der Waals surface area contributed by atoms with Gasteiger partial charge in [0, 0.05) is 12.2 Å². The second kappa shape index (κ2) is 7.11. The van der Waals surface area contributed by atoms with Crippen molar-refractivity contribution in [1.82, 2.24) is 0 Å². The molecule has 0 bridgehead atoms. The minimum Gasteiger partial charge on any atom is -0.385 e. The fourth-order valence-electron chi connectivity index (χ4n) is 2.82. The molecule has 1 aliphatic carbocycles. The average Bonchev–Trinajstić information content (AvgIpc) is 2.47. The van der Waals surface area contributed by atoms with E-state index in [4.69, 9.17) is 0 Å². The molecule has 1 aromatic rings. The average molecular weight is 295 g/mol. The second-order valence-electron chi connectivity index (χ2n) is 5.73. The summed E-state index contributed by atoms with van der Waals surface area (Å²) >= 11 is 0. The summed E-state index contributed by atoms with van der Waals surface area (Å²) in [4.78, 5) is 0.433. The summed E-state index contributed by atoms with van der Waals surface area (Å²) in [5.41, 5.74) is 1.02. The Kier molecular flexibility index (Phi) is 5.46.